The van der Waals surface area contributed by atoms with E-state index in [2.05, 4.69) is 92.8 Å². The van der Waals surface area contributed by atoms with Gasteiger partial charge in [-0.1, -0.05) is 272 Å². The maximum Gasteiger partial charge on any atom is 0.306 e. The van der Waals surface area contributed by atoms with Crippen molar-refractivity contribution in [3.63, 3.8) is 0 Å². The summed E-state index contributed by atoms with van der Waals surface area (Å²) >= 11 is 0. The molecule has 0 fully saturated rings. The first-order chi connectivity index (χ1) is 38.0. The van der Waals surface area contributed by atoms with Crippen molar-refractivity contribution >= 4 is 19.8 Å². The highest BCUT2D eigenvalue weighted by Gasteiger charge is 2.21. The van der Waals surface area contributed by atoms with Gasteiger partial charge in [0.1, 0.15) is 19.8 Å². The SMILES string of the molecule is CC/C=C\C/C=C\C/C=C\C/C=C\C/C=C\CCCC(=O)OC(COC(=O)CCCCCCCCCCCCCCCCCCCCCCCCCCC/C=C\C/C=C\CCCCCCC)COP(=O)([O-])OCC[N+](C)(C)C. The molecule has 0 saturated carbocycles. The van der Waals surface area contributed by atoms with Crippen molar-refractivity contribution in [2.45, 2.75) is 290 Å². The number of allylic oxidation sites excluding steroid dienone is 14. The molecule has 0 rings (SSSR count). The van der Waals surface area contributed by atoms with Crippen LogP contribution in [0, 0.1) is 0 Å². The van der Waals surface area contributed by atoms with Crippen LogP contribution >= 0.6 is 7.82 Å². The Labute approximate surface area is 481 Å². The van der Waals surface area contributed by atoms with Gasteiger partial charge in [-0.3, -0.25) is 14.2 Å². The molecule has 0 aromatic heterocycles. The van der Waals surface area contributed by atoms with E-state index in [1.165, 1.54) is 186 Å². The van der Waals surface area contributed by atoms with E-state index in [1.54, 1.807) is 0 Å². The fourth-order valence-corrected chi connectivity index (χ4v) is 9.69. The van der Waals surface area contributed by atoms with E-state index in [1.807, 2.05) is 27.2 Å². The number of unbranched alkanes of at least 4 members (excludes halogenated alkanes) is 31. The maximum atomic E-state index is 12.8. The standard InChI is InChI=1S/C68H122NO8P/c1-6-8-10-12-14-16-18-20-22-24-25-26-27-28-29-30-31-32-33-34-35-36-37-38-39-40-41-42-43-45-46-48-50-52-54-56-58-60-67(70)74-64-66(65-76-78(72,73)75-63-62-69(3,4)5)77-68(71)61-59-57-55-53-51-49-47-44-23-21-19-17-15-13-11-9-7-2/h9,11,15,17-18,20-21,23-25,47,49,53,55,66H,6-8,10,12-14,16,19,22,26-46,48,50-52,54,56-65H2,1-5H3/b11-9-,17-15-,20-18-,23-21-,25-24-,49-47-,55-53-. The molecule has 10 heteroatoms. The van der Waals surface area contributed by atoms with Crippen LogP contribution in [0.3, 0.4) is 0 Å². The zero-order valence-corrected chi connectivity index (χ0v) is 52.2. The average molecular weight is 1110 g/mol. The molecular formula is C68H122NO8P. The van der Waals surface area contributed by atoms with Crippen LogP contribution in [0.5, 0.6) is 0 Å². The number of hydrogen-bond acceptors (Lipinski definition) is 8. The summed E-state index contributed by atoms with van der Waals surface area (Å²) in [7, 11) is 1.13. The van der Waals surface area contributed by atoms with Gasteiger partial charge in [-0.25, -0.2) is 0 Å². The molecule has 0 aliphatic heterocycles. The Morgan fingerprint density at radius 1 is 0.410 bits per heavy atom. The van der Waals surface area contributed by atoms with Crippen LogP contribution < -0.4 is 4.89 Å². The Morgan fingerprint density at radius 2 is 0.744 bits per heavy atom. The number of carbonyl (C=O) groups is 2. The predicted molar refractivity (Wildman–Crippen MR) is 332 cm³/mol. The molecule has 452 valence electrons. The monoisotopic (exact) mass is 1110 g/mol. The number of quaternary nitrogens is 1. The highest BCUT2D eigenvalue weighted by molar-refractivity contribution is 7.45. The Bertz CT molecular complexity index is 1590. The first-order valence-electron chi connectivity index (χ1n) is 32.3. The average Bonchev–Trinajstić information content (AvgIpc) is 3.40. The van der Waals surface area contributed by atoms with E-state index in [4.69, 9.17) is 18.5 Å². The third-order valence-electron chi connectivity index (χ3n) is 13.9. The fourth-order valence-electron chi connectivity index (χ4n) is 8.96. The van der Waals surface area contributed by atoms with Gasteiger partial charge >= 0.3 is 11.9 Å². The van der Waals surface area contributed by atoms with E-state index in [0.717, 1.165) is 57.8 Å². The van der Waals surface area contributed by atoms with Crippen molar-refractivity contribution < 1.29 is 42.1 Å². The summed E-state index contributed by atoms with van der Waals surface area (Å²) in [6, 6.07) is 0. The van der Waals surface area contributed by atoms with Crippen molar-refractivity contribution in [1.29, 1.82) is 0 Å². The van der Waals surface area contributed by atoms with Crippen LogP contribution in [0.2, 0.25) is 0 Å². The van der Waals surface area contributed by atoms with E-state index in [0.29, 0.717) is 23.9 Å². The highest BCUT2D eigenvalue weighted by atomic mass is 31.2. The Hall–Kier alpha value is -2.81. The van der Waals surface area contributed by atoms with Gasteiger partial charge < -0.3 is 27.9 Å². The number of esters is 2. The number of ether oxygens (including phenoxy) is 2. The van der Waals surface area contributed by atoms with Crippen molar-refractivity contribution in [1.82, 2.24) is 0 Å². The third kappa shape index (κ3) is 62.4. The number of rotatable bonds is 59. The molecule has 0 amide bonds. The molecule has 78 heavy (non-hydrogen) atoms. The van der Waals surface area contributed by atoms with E-state index >= 15 is 0 Å². The van der Waals surface area contributed by atoms with Gasteiger partial charge in [0.2, 0.25) is 0 Å². The second-order valence-electron chi connectivity index (χ2n) is 22.7. The summed E-state index contributed by atoms with van der Waals surface area (Å²) < 4.78 is 34.1. The number of nitrogens with zero attached hydrogens (tertiary/aromatic N) is 1. The van der Waals surface area contributed by atoms with Gasteiger partial charge in [0, 0.05) is 12.8 Å². The minimum Gasteiger partial charge on any atom is -0.756 e. The summed E-state index contributed by atoms with van der Waals surface area (Å²) in [5, 5.41) is 0. The Morgan fingerprint density at radius 3 is 1.13 bits per heavy atom. The van der Waals surface area contributed by atoms with Gasteiger partial charge in [-0.05, 0) is 83.5 Å². The zero-order chi connectivity index (χ0) is 57.0. The van der Waals surface area contributed by atoms with Gasteiger partial charge in [0.15, 0.2) is 6.10 Å². The van der Waals surface area contributed by atoms with Crippen molar-refractivity contribution in [3.05, 3.63) is 85.1 Å². The van der Waals surface area contributed by atoms with Crippen molar-refractivity contribution in [2.24, 2.45) is 0 Å². The van der Waals surface area contributed by atoms with Gasteiger partial charge in [0.25, 0.3) is 7.82 Å². The minimum absolute atomic E-state index is 0.0437. The molecule has 0 aliphatic carbocycles. The zero-order valence-electron chi connectivity index (χ0n) is 51.3. The second kappa shape index (κ2) is 58.8. The molecule has 0 aromatic carbocycles. The van der Waals surface area contributed by atoms with Gasteiger partial charge in [-0.2, -0.15) is 0 Å². The summed E-state index contributed by atoms with van der Waals surface area (Å²) in [5.41, 5.74) is 0. The molecule has 0 radical (unpaired) electrons. The van der Waals surface area contributed by atoms with Crippen LogP contribution in [0.15, 0.2) is 85.1 Å². The van der Waals surface area contributed by atoms with Crippen LogP contribution in [-0.4, -0.2) is 70.0 Å². The van der Waals surface area contributed by atoms with Crippen LogP contribution in [0.4, 0.5) is 0 Å². The summed E-state index contributed by atoms with van der Waals surface area (Å²) in [4.78, 5) is 37.8. The largest absolute Gasteiger partial charge is 0.756 e. The number of phosphoric ester groups is 1. The highest BCUT2D eigenvalue weighted by Crippen LogP contribution is 2.38. The number of hydrogen-bond donors (Lipinski definition) is 0. The number of carbonyl (C=O) groups excluding carboxylic acids is 2. The lowest BCUT2D eigenvalue weighted by molar-refractivity contribution is -0.870. The Balaban J connectivity index is 3.97. The van der Waals surface area contributed by atoms with Crippen LogP contribution in [0.1, 0.15) is 284 Å². The third-order valence-corrected chi connectivity index (χ3v) is 14.9. The number of likely N-dealkylation sites (N-methyl/N-ethyl adjacent to an activating group) is 1. The lowest BCUT2D eigenvalue weighted by Gasteiger charge is -2.28. The molecule has 0 bridgehead atoms. The lowest BCUT2D eigenvalue weighted by atomic mass is 10.0. The maximum absolute atomic E-state index is 12.8. The molecular weight excluding hydrogens is 990 g/mol. The smallest absolute Gasteiger partial charge is 0.306 e. The molecule has 0 aliphatic rings. The minimum atomic E-state index is -4.65. The van der Waals surface area contributed by atoms with Gasteiger partial charge in [-0.15, -0.1) is 0 Å². The van der Waals surface area contributed by atoms with E-state index in [-0.39, 0.29) is 26.1 Å². The first kappa shape index (κ1) is 75.2. The topological polar surface area (TPSA) is 111 Å². The molecule has 9 nitrogen and oxygen atoms in total. The summed E-state index contributed by atoms with van der Waals surface area (Å²) in [6.45, 7) is 4.06. The van der Waals surface area contributed by atoms with Crippen LogP contribution in [0.25, 0.3) is 0 Å². The Kier molecular flexibility index (Phi) is 56.7. The first-order valence-corrected chi connectivity index (χ1v) is 33.8. The summed E-state index contributed by atoms with van der Waals surface area (Å²) in [5.74, 6) is -0.896. The van der Waals surface area contributed by atoms with Crippen LogP contribution in [-0.2, 0) is 32.7 Å². The van der Waals surface area contributed by atoms with Crippen molar-refractivity contribution in [3.8, 4) is 0 Å². The molecule has 0 aromatic rings. The van der Waals surface area contributed by atoms with E-state index < -0.39 is 32.5 Å². The molecule has 0 saturated heterocycles. The normalized spacial score (nSPS) is 13.8. The second-order valence-corrected chi connectivity index (χ2v) is 24.2. The molecule has 0 heterocycles. The molecule has 0 spiro atoms. The predicted octanol–water partition coefficient (Wildman–Crippen LogP) is 20.0. The molecule has 2 atom stereocenters. The van der Waals surface area contributed by atoms with Gasteiger partial charge in [0.05, 0.1) is 27.7 Å². The van der Waals surface area contributed by atoms with Crippen molar-refractivity contribution in [2.75, 3.05) is 47.5 Å². The van der Waals surface area contributed by atoms with E-state index in [9.17, 15) is 19.0 Å². The quantitative estimate of drug-likeness (QED) is 0.0195. The summed E-state index contributed by atoms with van der Waals surface area (Å²) in [6.07, 6.45) is 79.7. The number of phosphoric acid groups is 1. The fraction of sp³-hybridized carbons (Fsp3) is 0.765. The molecule has 2 unspecified atom stereocenters. The molecule has 0 N–H and O–H groups in total. The lowest BCUT2D eigenvalue weighted by Crippen LogP contribution is -2.37.